The first-order valence-corrected chi connectivity index (χ1v) is 7.06. The number of piperazine rings is 1. The van der Waals surface area contributed by atoms with Crippen LogP contribution in [0.2, 0.25) is 0 Å². The number of hydrogen-bond donors (Lipinski definition) is 2. The molecule has 0 aliphatic carbocycles. The first-order valence-electron chi connectivity index (χ1n) is 7.06. The lowest BCUT2D eigenvalue weighted by atomic mass is 10.2. The molecule has 1 aliphatic rings. The molecule has 5 nitrogen and oxygen atoms in total. The summed E-state index contributed by atoms with van der Waals surface area (Å²) in [5.41, 5.74) is 0. The van der Waals surface area contributed by atoms with E-state index in [1.54, 1.807) is 0 Å². The summed E-state index contributed by atoms with van der Waals surface area (Å²) in [5, 5.41) is 6.22. The van der Waals surface area contributed by atoms with E-state index < -0.39 is 0 Å². The summed E-state index contributed by atoms with van der Waals surface area (Å²) >= 11 is 0. The van der Waals surface area contributed by atoms with Crippen LogP contribution in [0, 0.1) is 0 Å². The molecule has 1 unspecified atom stereocenters. The van der Waals surface area contributed by atoms with Gasteiger partial charge < -0.3 is 15.4 Å². The monoisotopic (exact) mass is 257 g/mol. The van der Waals surface area contributed by atoms with Gasteiger partial charge in [0.2, 0.25) is 5.91 Å². The quantitative estimate of drug-likeness (QED) is 0.611. The number of nitrogens with zero attached hydrogens (tertiary/aromatic N) is 1. The van der Waals surface area contributed by atoms with E-state index in [0.29, 0.717) is 13.2 Å². The molecule has 18 heavy (non-hydrogen) atoms. The molecule has 1 fully saturated rings. The van der Waals surface area contributed by atoms with Gasteiger partial charge in [0.25, 0.3) is 0 Å². The Morgan fingerprint density at radius 1 is 1.39 bits per heavy atom. The second-order valence-electron chi connectivity index (χ2n) is 4.72. The van der Waals surface area contributed by atoms with Crippen molar-refractivity contribution in [2.75, 3.05) is 45.9 Å². The van der Waals surface area contributed by atoms with E-state index in [1.807, 2.05) is 6.92 Å². The van der Waals surface area contributed by atoms with E-state index in [0.717, 1.165) is 45.6 Å². The molecule has 1 aliphatic heterocycles. The summed E-state index contributed by atoms with van der Waals surface area (Å²) in [7, 11) is 0. The van der Waals surface area contributed by atoms with Gasteiger partial charge in [-0.05, 0) is 13.3 Å². The maximum Gasteiger partial charge on any atom is 0.237 e. The molecule has 0 bridgehead atoms. The maximum atomic E-state index is 11.9. The molecule has 0 aromatic carbocycles. The van der Waals surface area contributed by atoms with Crippen molar-refractivity contribution in [2.24, 2.45) is 0 Å². The van der Waals surface area contributed by atoms with Gasteiger partial charge in [-0.2, -0.15) is 0 Å². The second kappa shape index (κ2) is 9.30. The Hall–Kier alpha value is -0.650. The fraction of sp³-hybridized carbons (Fsp3) is 0.923. The normalized spacial score (nSPS) is 18.6. The van der Waals surface area contributed by atoms with E-state index >= 15 is 0 Å². The van der Waals surface area contributed by atoms with Gasteiger partial charge in [0.1, 0.15) is 0 Å². The lowest BCUT2D eigenvalue weighted by Crippen LogP contribution is -2.52. The molecule has 0 aromatic rings. The van der Waals surface area contributed by atoms with Crippen molar-refractivity contribution in [3.8, 4) is 0 Å². The average Bonchev–Trinajstić information content (AvgIpc) is 2.42. The van der Waals surface area contributed by atoms with E-state index in [2.05, 4.69) is 22.5 Å². The number of carbonyl (C=O) groups is 1. The highest BCUT2D eigenvalue weighted by atomic mass is 16.5. The lowest BCUT2D eigenvalue weighted by molar-refractivity contribution is -0.126. The van der Waals surface area contributed by atoms with Gasteiger partial charge in [0, 0.05) is 39.3 Å². The summed E-state index contributed by atoms with van der Waals surface area (Å²) in [6, 6.07) is -0.0391. The first kappa shape index (κ1) is 15.4. The highest BCUT2D eigenvalue weighted by Gasteiger charge is 2.21. The van der Waals surface area contributed by atoms with Gasteiger partial charge in [-0.3, -0.25) is 9.69 Å². The molecule has 106 valence electrons. The van der Waals surface area contributed by atoms with E-state index in [-0.39, 0.29) is 11.9 Å². The number of rotatable bonds is 8. The van der Waals surface area contributed by atoms with Crippen LogP contribution in [-0.4, -0.2) is 62.8 Å². The standard InChI is InChI=1S/C13H27N3O2/c1-3-4-10-18-11-7-15-13(17)12(2)16-8-5-14-6-9-16/h12,14H,3-11H2,1-2H3,(H,15,17). The Bertz CT molecular complexity index is 230. The Labute approximate surface area is 110 Å². The van der Waals surface area contributed by atoms with Crippen LogP contribution in [0.3, 0.4) is 0 Å². The van der Waals surface area contributed by atoms with Crippen molar-refractivity contribution in [3.63, 3.8) is 0 Å². The molecule has 1 saturated heterocycles. The molecular formula is C13H27N3O2. The first-order chi connectivity index (χ1) is 8.75. The Morgan fingerprint density at radius 3 is 2.78 bits per heavy atom. The van der Waals surface area contributed by atoms with Crippen molar-refractivity contribution in [3.05, 3.63) is 0 Å². The van der Waals surface area contributed by atoms with Crippen LogP contribution >= 0.6 is 0 Å². The van der Waals surface area contributed by atoms with Gasteiger partial charge >= 0.3 is 0 Å². The van der Waals surface area contributed by atoms with Gasteiger partial charge in [0.15, 0.2) is 0 Å². The molecule has 1 amide bonds. The lowest BCUT2D eigenvalue weighted by Gasteiger charge is -2.31. The number of hydrogen-bond acceptors (Lipinski definition) is 4. The molecule has 0 saturated carbocycles. The van der Waals surface area contributed by atoms with Crippen LogP contribution in [0.4, 0.5) is 0 Å². The number of nitrogens with one attached hydrogen (secondary N) is 2. The third-order valence-corrected chi connectivity index (χ3v) is 3.27. The van der Waals surface area contributed by atoms with Gasteiger partial charge in [-0.1, -0.05) is 13.3 Å². The maximum absolute atomic E-state index is 11.9. The summed E-state index contributed by atoms with van der Waals surface area (Å²) in [6.45, 7) is 9.95. The van der Waals surface area contributed by atoms with Crippen LogP contribution in [0.1, 0.15) is 26.7 Å². The molecule has 0 aromatic heterocycles. The minimum Gasteiger partial charge on any atom is -0.380 e. The Kier molecular flexibility index (Phi) is 7.96. The van der Waals surface area contributed by atoms with Crippen LogP contribution in [-0.2, 0) is 9.53 Å². The average molecular weight is 257 g/mol. The largest absolute Gasteiger partial charge is 0.380 e. The molecule has 1 atom stereocenters. The van der Waals surface area contributed by atoms with Crippen LogP contribution in [0.5, 0.6) is 0 Å². The van der Waals surface area contributed by atoms with E-state index in [9.17, 15) is 4.79 Å². The minimum absolute atomic E-state index is 0.0391. The van der Waals surface area contributed by atoms with Crippen molar-refractivity contribution in [1.82, 2.24) is 15.5 Å². The number of unbranched alkanes of at least 4 members (excludes halogenated alkanes) is 1. The molecule has 0 radical (unpaired) electrons. The smallest absolute Gasteiger partial charge is 0.237 e. The molecule has 1 rings (SSSR count). The number of amides is 1. The third-order valence-electron chi connectivity index (χ3n) is 3.27. The van der Waals surface area contributed by atoms with Crippen molar-refractivity contribution in [2.45, 2.75) is 32.7 Å². The molecule has 0 spiro atoms. The third kappa shape index (κ3) is 5.80. The van der Waals surface area contributed by atoms with Crippen molar-refractivity contribution in [1.29, 1.82) is 0 Å². The summed E-state index contributed by atoms with van der Waals surface area (Å²) in [4.78, 5) is 14.1. The van der Waals surface area contributed by atoms with Crippen LogP contribution < -0.4 is 10.6 Å². The highest BCUT2D eigenvalue weighted by Crippen LogP contribution is 2.00. The zero-order valence-electron chi connectivity index (χ0n) is 11.7. The summed E-state index contributed by atoms with van der Waals surface area (Å²) < 4.78 is 5.41. The van der Waals surface area contributed by atoms with Gasteiger partial charge in [-0.25, -0.2) is 0 Å². The molecular weight excluding hydrogens is 230 g/mol. The Balaban J connectivity index is 2.07. The fourth-order valence-corrected chi connectivity index (χ4v) is 1.98. The van der Waals surface area contributed by atoms with Crippen LogP contribution in [0.25, 0.3) is 0 Å². The minimum atomic E-state index is -0.0391. The van der Waals surface area contributed by atoms with Crippen LogP contribution in [0.15, 0.2) is 0 Å². The summed E-state index contributed by atoms with van der Waals surface area (Å²) in [5.74, 6) is 0.107. The molecule has 1 heterocycles. The summed E-state index contributed by atoms with van der Waals surface area (Å²) in [6.07, 6.45) is 2.23. The van der Waals surface area contributed by atoms with Crippen molar-refractivity contribution < 1.29 is 9.53 Å². The SMILES string of the molecule is CCCCOCCNC(=O)C(C)N1CCNCC1. The zero-order valence-corrected chi connectivity index (χ0v) is 11.7. The number of ether oxygens (including phenoxy) is 1. The fourth-order valence-electron chi connectivity index (χ4n) is 1.98. The second-order valence-corrected chi connectivity index (χ2v) is 4.72. The van der Waals surface area contributed by atoms with Crippen molar-refractivity contribution >= 4 is 5.91 Å². The highest BCUT2D eigenvalue weighted by molar-refractivity contribution is 5.81. The molecule has 2 N–H and O–H groups in total. The number of carbonyl (C=O) groups excluding carboxylic acids is 1. The van der Waals surface area contributed by atoms with E-state index in [4.69, 9.17) is 4.74 Å². The topological polar surface area (TPSA) is 53.6 Å². The zero-order chi connectivity index (χ0) is 13.2. The molecule has 5 heteroatoms. The van der Waals surface area contributed by atoms with E-state index in [1.165, 1.54) is 0 Å². The Morgan fingerprint density at radius 2 is 2.11 bits per heavy atom. The van der Waals surface area contributed by atoms with Gasteiger partial charge in [-0.15, -0.1) is 0 Å². The predicted molar refractivity (Wildman–Crippen MR) is 72.6 cm³/mol. The predicted octanol–water partition coefficient (Wildman–Crippen LogP) is 0.213. The van der Waals surface area contributed by atoms with Gasteiger partial charge in [0.05, 0.1) is 12.6 Å².